The maximum Gasteiger partial charge on any atom is 0.329 e. The molecule has 2 heterocycles. The molecule has 1 saturated heterocycles. The molecule has 1 N–H and O–H groups in total. The molecule has 0 bridgehead atoms. The normalized spacial score (nSPS) is 20.2. The molecule has 2 aromatic rings. The minimum Gasteiger partial charge on any atom is -0.425 e. The summed E-state index contributed by atoms with van der Waals surface area (Å²) < 4.78 is 5.94. The van der Waals surface area contributed by atoms with Crippen LogP contribution in [0.2, 0.25) is 0 Å². The summed E-state index contributed by atoms with van der Waals surface area (Å²) in [5.74, 6) is -2.95. The van der Waals surface area contributed by atoms with Crippen LogP contribution in [0.3, 0.4) is 0 Å². The molecular formula is C20H13BrN2O5. The number of hydrogen-bond donors (Lipinski definition) is 1. The van der Waals surface area contributed by atoms with Gasteiger partial charge in [0.05, 0.1) is 12.1 Å². The first-order valence-corrected chi connectivity index (χ1v) is 9.19. The van der Waals surface area contributed by atoms with Crippen molar-refractivity contribution in [1.82, 2.24) is 10.2 Å². The lowest BCUT2D eigenvalue weighted by Crippen LogP contribution is -2.44. The number of ether oxygens (including phenoxy) is 1. The van der Waals surface area contributed by atoms with Gasteiger partial charge >= 0.3 is 12.0 Å². The number of hydrogen-bond acceptors (Lipinski definition) is 5. The number of carbonyl (C=O) groups excluding carboxylic acids is 4. The highest BCUT2D eigenvalue weighted by Crippen LogP contribution is 2.29. The van der Waals surface area contributed by atoms with Gasteiger partial charge in [0.2, 0.25) is 0 Å². The lowest BCUT2D eigenvalue weighted by atomic mass is 9.94. The highest BCUT2D eigenvalue weighted by molar-refractivity contribution is 9.10. The molecule has 1 atom stereocenters. The van der Waals surface area contributed by atoms with Gasteiger partial charge in [0.25, 0.3) is 5.91 Å². The number of fused-ring (bicyclic) bond motifs is 1. The molecule has 1 fully saturated rings. The molecule has 2 aliphatic rings. The predicted molar refractivity (Wildman–Crippen MR) is 102 cm³/mol. The van der Waals surface area contributed by atoms with Crippen LogP contribution < -0.4 is 10.1 Å². The Hall–Kier alpha value is -3.26. The first-order chi connectivity index (χ1) is 13.5. The number of urea groups is 1. The summed E-state index contributed by atoms with van der Waals surface area (Å²) in [4.78, 5) is 50.7. The second-order valence-corrected chi connectivity index (χ2v) is 7.11. The van der Waals surface area contributed by atoms with Crippen molar-refractivity contribution in [1.29, 1.82) is 0 Å². The van der Waals surface area contributed by atoms with Gasteiger partial charge in [-0.05, 0) is 29.8 Å². The minimum atomic E-state index is -1.26. The van der Waals surface area contributed by atoms with Crippen LogP contribution in [0.25, 0.3) is 6.08 Å². The highest BCUT2D eigenvalue weighted by atomic mass is 79.9. The number of nitrogens with one attached hydrogen (secondary N) is 1. The molecule has 0 aliphatic carbocycles. The Morgan fingerprint density at radius 3 is 2.54 bits per heavy atom. The number of benzene rings is 2. The summed E-state index contributed by atoms with van der Waals surface area (Å²) in [7, 11) is 0. The largest absolute Gasteiger partial charge is 0.425 e. The van der Waals surface area contributed by atoms with Gasteiger partial charge in [0.1, 0.15) is 17.4 Å². The number of nitrogens with zero attached hydrogens (tertiary/aromatic N) is 1. The summed E-state index contributed by atoms with van der Waals surface area (Å²) in [5, 5.41) is 2.48. The molecule has 2 aliphatic heterocycles. The van der Waals surface area contributed by atoms with E-state index in [9.17, 15) is 19.2 Å². The zero-order valence-corrected chi connectivity index (χ0v) is 15.9. The van der Waals surface area contributed by atoms with Gasteiger partial charge in [-0.3, -0.25) is 19.3 Å². The maximum absolute atomic E-state index is 12.7. The Bertz CT molecular complexity index is 1060. The summed E-state index contributed by atoms with van der Waals surface area (Å²) in [6, 6.07) is 12.9. The van der Waals surface area contributed by atoms with Crippen molar-refractivity contribution in [2.75, 3.05) is 6.54 Å². The van der Waals surface area contributed by atoms with Gasteiger partial charge in [-0.25, -0.2) is 4.79 Å². The lowest BCUT2D eigenvalue weighted by Gasteiger charge is -2.24. The van der Waals surface area contributed by atoms with Gasteiger partial charge in [-0.2, -0.15) is 0 Å². The molecule has 0 unspecified atom stereocenters. The van der Waals surface area contributed by atoms with Crippen molar-refractivity contribution in [3.8, 4) is 5.75 Å². The fourth-order valence-corrected chi connectivity index (χ4v) is 3.46. The zero-order chi connectivity index (χ0) is 19.8. The number of halogens is 1. The average molecular weight is 441 g/mol. The number of carbonyl (C=O) groups is 4. The number of rotatable bonds is 3. The van der Waals surface area contributed by atoms with E-state index in [1.54, 1.807) is 36.4 Å². The van der Waals surface area contributed by atoms with E-state index in [1.807, 2.05) is 6.07 Å². The highest BCUT2D eigenvalue weighted by Gasteiger charge is 2.42. The van der Waals surface area contributed by atoms with E-state index in [-0.39, 0.29) is 23.6 Å². The van der Waals surface area contributed by atoms with Crippen LogP contribution >= 0.6 is 15.9 Å². The Kier molecular flexibility index (Phi) is 4.56. The topological polar surface area (TPSA) is 92.8 Å². The lowest BCUT2D eigenvalue weighted by molar-refractivity contribution is -0.138. The zero-order valence-electron chi connectivity index (χ0n) is 14.3. The molecule has 2 aromatic carbocycles. The molecule has 3 amide bonds. The van der Waals surface area contributed by atoms with Gasteiger partial charge in [0, 0.05) is 4.47 Å². The van der Waals surface area contributed by atoms with Crippen molar-refractivity contribution in [3.63, 3.8) is 0 Å². The summed E-state index contributed by atoms with van der Waals surface area (Å²) in [5.41, 5.74) is 1.02. The number of para-hydroxylation sites is 1. The average Bonchev–Trinajstić information content (AvgIpc) is 2.94. The second kappa shape index (κ2) is 7.05. The van der Waals surface area contributed by atoms with Crippen LogP contribution in [0.4, 0.5) is 4.79 Å². The third kappa shape index (κ3) is 3.11. The Morgan fingerprint density at radius 2 is 1.75 bits per heavy atom. The van der Waals surface area contributed by atoms with Gasteiger partial charge in [0.15, 0.2) is 5.78 Å². The van der Waals surface area contributed by atoms with E-state index >= 15 is 0 Å². The Labute approximate surface area is 168 Å². The maximum atomic E-state index is 12.7. The minimum absolute atomic E-state index is 0.0638. The quantitative estimate of drug-likeness (QED) is 0.260. The van der Waals surface area contributed by atoms with Crippen LogP contribution in [0, 0.1) is 5.92 Å². The molecule has 8 heteroatoms. The summed E-state index contributed by atoms with van der Waals surface area (Å²) >= 11 is 3.38. The Balaban J connectivity index is 1.58. The molecule has 0 radical (unpaired) electrons. The van der Waals surface area contributed by atoms with Crippen molar-refractivity contribution in [2.24, 2.45) is 5.92 Å². The molecule has 0 aromatic heterocycles. The molecule has 140 valence electrons. The van der Waals surface area contributed by atoms with Crippen molar-refractivity contribution in [2.45, 2.75) is 0 Å². The number of amides is 3. The van der Waals surface area contributed by atoms with Gasteiger partial charge < -0.3 is 10.1 Å². The van der Waals surface area contributed by atoms with Crippen LogP contribution in [0.5, 0.6) is 5.75 Å². The molecule has 7 nitrogen and oxygen atoms in total. The Morgan fingerprint density at radius 1 is 1.04 bits per heavy atom. The van der Waals surface area contributed by atoms with Crippen molar-refractivity contribution in [3.05, 3.63) is 69.8 Å². The smallest absolute Gasteiger partial charge is 0.329 e. The van der Waals surface area contributed by atoms with E-state index in [0.29, 0.717) is 5.56 Å². The standard InChI is InChI=1S/C20H13BrN2O5/c21-14-7-3-1-5-11(14)9-15-18(25)23(20(27)22-15)10-13-17(24)12-6-2-4-8-16(12)28-19(13)26/h1-9,13H,10H2,(H,22,27)/b15-9-/t13-/m0/s1. The van der Waals surface area contributed by atoms with Crippen molar-refractivity contribution >= 4 is 45.7 Å². The SMILES string of the molecule is O=C1Oc2ccccc2C(=O)[C@@H]1CN1C(=O)N/C(=C\c2ccccc2Br)C1=O. The van der Waals surface area contributed by atoms with Crippen molar-refractivity contribution < 1.29 is 23.9 Å². The first kappa shape index (κ1) is 18.1. The van der Waals surface area contributed by atoms with E-state index in [1.165, 1.54) is 12.1 Å². The van der Waals surface area contributed by atoms with Crippen LogP contribution in [0.1, 0.15) is 15.9 Å². The third-order valence-corrected chi connectivity index (χ3v) is 5.22. The van der Waals surface area contributed by atoms with E-state index in [0.717, 1.165) is 9.37 Å². The monoisotopic (exact) mass is 440 g/mol. The number of ketones is 1. The van der Waals surface area contributed by atoms with E-state index in [2.05, 4.69) is 21.2 Å². The van der Waals surface area contributed by atoms with Crippen LogP contribution in [0.15, 0.2) is 58.7 Å². The molecular weight excluding hydrogens is 428 g/mol. The molecule has 28 heavy (non-hydrogen) atoms. The summed E-state index contributed by atoms with van der Waals surface area (Å²) in [6.45, 7) is -0.385. The number of imide groups is 1. The molecule has 0 spiro atoms. The third-order valence-electron chi connectivity index (χ3n) is 4.50. The number of esters is 1. The second-order valence-electron chi connectivity index (χ2n) is 6.26. The molecule has 0 saturated carbocycles. The number of Topliss-reactive ketones (excluding diaryl/α,β-unsaturated/α-hetero) is 1. The predicted octanol–water partition coefficient (Wildman–Crippen LogP) is 2.76. The fourth-order valence-electron chi connectivity index (χ4n) is 3.06. The van der Waals surface area contributed by atoms with Gasteiger partial charge in [-0.1, -0.05) is 46.3 Å². The fraction of sp³-hybridized carbons (Fsp3) is 0.100. The van der Waals surface area contributed by atoms with Crippen LogP contribution in [-0.4, -0.2) is 35.1 Å². The van der Waals surface area contributed by atoms with Gasteiger partial charge in [-0.15, -0.1) is 0 Å². The first-order valence-electron chi connectivity index (χ1n) is 8.39. The van der Waals surface area contributed by atoms with E-state index in [4.69, 9.17) is 4.74 Å². The van der Waals surface area contributed by atoms with E-state index < -0.39 is 29.6 Å². The molecule has 4 rings (SSSR count). The summed E-state index contributed by atoms with van der Waals surface area (Å²) in [6.07, 6.45) is 1.53. The van der Waals surface area contributed by atoms with Crippen LogP contribution in [-0.2, 0) is 9.59 Å².